The molecule has 0 unspecified atom stereocenters. The number of rotatable bonds is 4. The van der Waals surface area contributed by atoms with Crippen molar-refractivity contribution in [2.75, 3.05) is 23.8 Å². The van der Waals surface area contributed by atoms with E-state index in [1.54, 1.807) is 31.2 Å². The van der Waals surface area contributed by atoms with Crippen LogP contribution in [0.4, 0.5) is 11.4 Å². The van der Waals surface area contributed by atoms with Crippen LogP contribution in [0.5, 0.6) is 11.5 Å². The molecule has 2 aromatic carbocycles. The summed E-state index contributed by atoms with van der Waals surface area (Å²) in [5, 5.41) is 6.62. The Hall–Kier alpha value is -2.40. The number of hydrogen-bond acceptors (Lipinski definition) is 4. The number of ether oxygens (including phenoxy) is 2. The lowest BCUT2D eigenvalue weighted by Crippen LogP contribution is -2.32. The van der Waals surface area contributed by atoms with Gasteiger partial charge >= 0.3 is 0 Å². The van der Waals surface area contributed by atoms with Crippen molar-refractivity contribution in [3.63, 3.8) is 0 Å². The highest BCUT2D eigenvalue weighted by Gasteiger charge is 2.19. The van der Waals surface area contributed by atoms with Crippen LogP contribution in [-0.2, 0) is 4.79 Å². The molecule has 1 aliphatic heterocycles. The second-order valence-corrected chi connectivity index (χ2v) is 5.63. The summed E-state index contributed by atoms with van der Waals surface area (Å²) >= 11 is 5.83. The fourth-order valence-corrected chi connectivity index (χ4v) is 2.40. The number of hydrogen-bond donors (Lipinski definition) is 2. The van der Waals surface area contributed by atoms with Crippen LogP contribution in [-0.4, -0.2) is 25.2 Å². The molecule has 23 heavy (non-hydrogen) atoms. The maximum Gasteiger partial charge on any atom is 0.246 e. The van der Waals surface area contributed by atoms with Crippen molar-refractivity contribution in [3.8, 4) is 11.5 Å². The van der Waals surface area contributed by atoms with Crippen molar-refractivity contribution in [1.29, 1.82) is 0 Å². The number of halogens is 1. The first-order valence-electron chi connectivity index (χ1n) is 7.35. The SMILES string of the molecule is C[C@H](Nc1cccc2c1OCCO2)C(=O)Nc1ccc(Cl)cc1. The molecule has 3 rings (SSSR count). The van der Waals surface area contributed by atoms with Crippen molar-refractivity contribution in [2.45, 2.75) is 13.0 Å². The van der Waals surface area contributed by atoms with Crippen molar-refractivity contribution in [3.05, 3.63) is 47.5 Å². The van der Waals surface area contributed by atoms with Gasteiger partial charge in [-0.3, -0.25) is 4.79 Å². The largest absolute Gasteiger partial charge is 0.486 e. The molecule has 0 aromatic heterocycles. The molecule has 0 saturated carbocycles. The molecule has 0 aliphatic carbocycles. The molecular formula is C17H17ClN2O3. The lowest BCUT2D eigenvalue weighted by molar-refractivity contribution is -0.116. The smallest absolute Gasteiger partial charge is 0.246 e. The van der Waals surface area contributed by atoms with Crippen molar-refractivity contribution in [1.82, 2.24) is 0 Å². The van der Waals surface area contributed by atoms with Gasteiger partial charge in [0.25, 0.3) is 0 Å². The van der Waals surface area contributed by atoms with Crippen molar-refractivity contribution in [2.24, 2.45) is 0 Å². The van der Waals surface area contributed by atoms with E-state index in [9.17, 15) is 4.79 Å². The molecule has 1 heterocycles. The minimum absolute atomic E-state index is 0.151. The highest BCUT2D eigenvalue weighted by molar-refractivity contribution is 6.30. The van der Waals surface area contributed by atoms with Gasteiger partial charge in [-0.05, 0) is 43.3 Å². The predicted octanol–water partition coefficient (Wildman–Crippen LogP) is 3.55. The summed E-state index contributed by atoms with van der Waals surface area (Å²) in [6.07, 6.45) is 0. The maximum atomic E-state index is 12.3. The highest BCUT2D eigenvalue weighted by Crippen LogP contribution is 2.37. The van der Waals surface area contributed by atoms with Gasteiger partial charge in [-0.2, -0.15) is 0 Å². The van der Waals surface area contributed by atoms with E-state index in [4.69, 9.17) is 21.1 Å². The Morgan fingerprint density at radius 3 is 2.65 bits per heavy atom. The van der Waals surface area contributed by atoms with E-state index in [0.29, 0.717) is 35.4 Å². The standard InChI is InChI=1S/C17H17ClN2O3/c1-11(17(21)20-13-7-5-12(18)6-8-13)19-14-3-2-4-15-16(14)23-10-9-22-15/h2-8,11,19H,9-10H2,1H3,(H,20,21)/t11-/m0/s1. The van der Waals surface area contributed by atoms with Crippen LogP contribution >= 0.6 is 11.6 Å². The van der Waals surface area contributed by atoms with E-state index in [1.807, 2.05) is 18.2 Å². The fourth-order valence-electron chi connectivity index (χ4n) is 2.27. The second-order valence-electron chi connectivity index (χ2n) is 5.19. The summed E-state index contributed by atoms with van der Waals surface area (Å²) in [5.74, 6) is 1.18. The predicted molar refractivity (Wildman–Crippen MR) is 90.6 cm³/mol. The van der Waals surface area contributed by atoms with Crippen LogP contribution < -0.4 is 20.1 Å². The van der Waals surface area contributed by atoms with E-state index in [2.05, 4.69) is 10.6 Å². The van der Waals surface area contributed by atoms with Gasteiger partial charge < -0.3 is 20.1 Å². The first kappa shape index (κ1) is 15.5. The Labute approximate surface area is 139 Å². The van der Waals surface area contributed by atoms with Gasteiger partial charge in [0, 0.05) is 10.7 Å². The summed E-state index contributed by atoms with van der Waals surface area (Å²) in [7, 11) is 0. The van der Waals surface area contributed by atoms with Crippen LogP contribution in [0, 0.1) is 0 Å². The van der Waals surface area contributed by atoms with E-state index in [-0.39, 0.29) is 5.91 Å². The topological polar surface area (TPSA) is 59.6 Å². The minimum Gasteiger partial charge on any atom is -0.486 e. The third-order valence-corrected chi connectivity index (χ3v) is 3.70. The Bertz CT molecular complexity index is 703. The Balaban J connectivity index is 1.68. The van der Waals surface area contributed by atoms with E-state index in [0.717, 1.165) is 5.69 Å². The summed E-state index contributed by atoms with van der Waals surface area (Å²) in [4.78, 5) is 12.3. The monoisotopic (exact) mass is 332 g/mol. The minimum atomic E-state index is -0.442. The van der Waals surface area contributed by atoms with Gasteiger partial charge in [-0.15, -0.1) is 0 Å². The Morgan fingerprint density at radius 1 is 1.13 bits per heavy atom. The first-order valence-corrected chi connectivity index (χ1v) is 7.73. The number of para-hydroxylation sites is 1. The molecule has 1 amide bonds. The zero-order chi connectivity index (χ0) is 16.2. The van der Waals surface area contributed by atoms with Gasteiger partial charge in [-0.25, -0.2) is 0 Å². The number of amides is 1. The molecular weight excluding hydrogens is 316 g/mol. The van der Waals surface area contributed by atoms with Crippen LogP contribution in [0.25, 0.3) is 0 Å². The van der Waals surface area contributed by atoms with Gasteiger partial charge in [-0.1, -0.05) is 17.7 Å². The zero-order valence-corrected chi connectivity index (χ0v) is 13.4. The van der Waals surface area contributed by atoms with E-state index < -0.39 is 6.04 Å². The summed E-state index contributed by atoms with van der Waals surface area (Å²) in [6, 6.07) is 12.1. The molecule has 2 N–H and O–H groups in total. The second kappa shape index (κ2) is 6.79. The molecule has 2 aromatic rings. The average molecular weight is 333 g/mol. The summed E-state index contributed by atoms with van der Waals surface area (Å²) < 4.78 is 11.2. The normalized spacial score (nSPS) is 14.0. The summed E-state index contributed by atoms with van der Waals surface area (Å²) in [6.45, 7) is 2.81. The van der Waals surface area contributed by atoms with Crippen molar-refractivity contribution >= 4 is 28.9 Å². The summed E-state index contributed by atoms with van der Waals surface area (Å²) in [5.41, 5.74) is 1.43. The van der Waals surface area contributed by atoms with Gasteiger partial charge in [0.2, 0.25) is 5.91 Å². The molecule has 6 heteroatoms. The average Bonchev–Trinajstić information content (AvgIpc) is 2.57. The lowest BCUT2D eigenvalue weighted by atomic mass is 10.2. The van der Waals surface area contributed by atoms with Gasteiger partial charge in [0.15, 0.2) is 11.5 Å². The van der Waals surface area contributed by atoms with Gasteiger partial charge in [0.1, 0.15) is 19.3 Å². The van der Waals surface area contributed by atoms with Gasteiger partial charge in [0.05, 0.1) is 5.69 Å². The highest BCUT2D eigenvalue weighted by atomic mass is 35.5. The number of benzene rings is 2. The molecule has 0 fully saturated rings. The number of carbonyl (C=O) groups excluding carboxylic acids is 1. The third kappa shape index (κ3) is 3.68. The Morgan fingerprint density at radius 2 is 1.87 bits per heavy atom. The molecule has 120 valence electrons. The molecule has 5 nitrogen and oxygen atoms in total. The quantitative estimate of drug-likeness (QED) is 0.899. The van der Waals surface area contributed by atoms with Crippen LogP contribution in [0.15, 0.2) is 42.5 Å². The van der Waals surface area contributed by atoms with Crippen LogP contribution in [0.3, 0.4) is 0 Å². The molecule has 1 aliphatic rings. The number of fused-ring (bicyclic) bond motifs is 1. The molecule has 0 spiro atoms. The number of carbonyl (C=O) groups is 1. The molecule has 0 bridgehead atoms. The van der Waals surface area contributed by atoms with Crippen LogP contribution in [0.2, 0.25) is 5.02 Å². The van der Waals surface area contributed by atoms with E-state index in [1.165, 1.54) is 0 Å². The Kier molecular flexibility index (Phi) is 4.57. The van der Waals surface area contributed by atoms with Crippen LogP contribution in [0.1, 0.15) is 6.92 Å². The third-order valence-electron chi connectivity index (χ3n) is 3.44. The van der Waals surface area contributed by atoms with Crippen molar-refractivity contribution < 1.29 is 14.3 Å². The fraction of sp³-hybridized carbons (Fsp3) is 0.235. The lowest BCUT2D eigenvalue weighted by Gasteiger charge is -2.23. The molecule has 0 radical (unpaired) electrons. The van der Waals surface area contributed by atoms with E-state index >= 15 is 0 Å². The zero-order valence-electron chi connectivity index (χ0n) is 12.6. The first-order chi connectivity index (χ1) is 11.1. The molecule has 1 atom stereocenters. The number of nitrogens with one attached hydrogen (secondary N) is 2. The maximum absolute atomic E-state index is 12.3. The number of anilines is 2. The molecule has 0 saturated heterocycles.